The number of hydrogen-bond donors (Lipinski definition) is 3. The quantitative estimate of drug-likeness (QED) is 0.311. The number of nitrogens with two attached hydrogens (primary N) is 1. The summed E-state index contributed by atoms with van der Waals surface area (Å²) in [6.07, 6.45) is 0. The normalized spacial score (nSPS) is 18.3. The number of nitrogens with one attached hydrogen (secondary N) is 1. The van der Waals surface area contributed by atoms with Gasteiger partial charge in [0.15, 0.2) is 5.84 Å². The van der Waals surface area contributed by atoms with E-state index >= 15 is 0 Å². The van der Waals surface area contributed by atoms with Crippen molar-refractivity contribution in [2.75, 3.05) is 13.1 Å². The van der Waals surface area contributed by atoms with Crippen LogP contribution >= 0.6 is 0 Å². The number of oxime groups is 1. The molecule has 0 aromatic heterocycles. The molecule has 1 saturated heterocycles. The summed E-state index contributed by atoms with van der Waals surface area (Å²) in [5.41, 5.74) is 5.45. The van der Waals surface area contributed by atoms with E-state index in [1.54, 1.807) is 38.1 Å². The molecule has 1 heterocycles. The molecule has 1 aliphatic rings. The Morgan fingerprint density at radius 2 is 2.10 bits per heavy atom. The van der Waals surface area contributed by atoms with Crippen molar-refractivity contribution in [1.82, 2.24) is 10.2 Å². The van der Waals surface area contributed by atoms with Crippen LogP contribution in [0.15, 0.2) is 29.4 Å². The number of carbonyl (C=O) groups excluding carboxylic acids is 2. The van der Waals surface area contributed by atoms with Gasteiger partial charge in [0, 0.05) is 24.2 Å². The van der Waals surface area contributed by atoms with Crippen molar-refractivity contribution in [2.45, 2.75) is 19.4 Å². The zero-order valence-electron chi connectivity index (χ0n) is 12.0. The van der Waals surface area contributed by atoms with Crippen LogP contribution in [-0.2, 0) is 4.79 Å². The molecule has 0 unspecified atom stereocenters. The Kier molecular flexibility index (Phi) is 3.84. The van der Waals surface area contributed by atoms with Crippen LogP contribution in [0.2, 0.25) is 0 Å². The molecule has 0 atom stereocenters. The summed E-state index contributed by atoms with van der Waals surface area (Å²) >= 11 is 0. The van der Waals surface area contributed by atoms with Gasteiger partial charge in [0.1, 0.15) is 5.54 Å². The minimum Gasteiger partial charge on any atom is -0.409 e. The number of rotatable bonds is 2. The maximum atomic E-state index is 12.6. The topological polar surface area (TPSA) is 108 Å². The van der Waals surface area contributed by atoms with E-state index in [0.29, 0.717) is 24.2 Å². The second-order valence-corrected chi connectivity index (χ2v) is 5.34. The molecule has 1 aromatic rings. The van der Waals surface area contributed by atoms with Gasteiger partial charge < -0.3 is 21.2 Å². The zero-order valence-corrected chi connectivity index (χ0v) is 12.0. The molecule has 0 bridgehead atoms. The molecular formula is C14H18N4O3. The maximum absolute atomic E-state index is 12.6. The van der Waals surface area contributed by atoms with Crippen molar-refractivity contribution in [1.29, 1.82) is 0 Å². The lowest BCUT2D eigenvalue weighted by atomic mass is 9.97. The number of nitrogens with zero attached hydrogens (tertiary/aromatic N) is 2. The summed E-state index contributed by atoms with van der Waals surface area (Å²) in [4.78, 5) is 26.1. The lowest BCUT2D eigenvalue weighted by Crippen LogP contribution is -2.63. The third-order valence-electron chi connectivity index (χ3n) is 3.61. The average molecular weight is 290 g/mol. The lowest BCUT2D eigenvalue weighted by Gasteiger charge is -2.41. The van der Waals surface area contributed by atoms with E-state index in [-0.39, 0.29) is 17.6 Å². The van der Waals surface area contributed by atoms with Crippen molar-refractivity contribution in [2.24, 2.45) is 10.9 Å². The van der Waals surface area contributed by atoms with Gasteiger partial charge in [0.05, 0.1) is 0 Å². The number of piperazine rings is 1. The number of hydrogen-bond acceptors (Lipinski definition) is 4. The first kappa shape index (κ1) is 14.8. The number of amidine groups is 1. The van der Waals surface area contributed by atoms with Crippen LogP contribution in [0.4, 0.5) is 0 Å². The van der Waals surface area contributed by atoms with Crippen LogP contribution in [-0.4, -0.2) is 46.4 Å². The molecule has 1 fully saturated rings. The standard InChI is InChI=1S/C14H18N4O3/c1-14(2)13(20)16-6-7-18(14)12(19)10-5-3-4-9(8-10)11(15)17-21/h3-5,8,21H,6-7H2,1-2H3,(H2,15,17)(H,16,20). The monoisotopic (exact) mass is 290 g/mol. The zero-order chi connectivity index (χ0) is 15.6. The molecule has 2 rings (SSSR count). The Balaban J connectivity index is 2.34. The van der Waals surface area contributed by atoms with Gasteiger partial charge in [0.2, 0.25) is 5.91 Å². The fourth-order valence-electron chi connectivity index (χ4n) is 2.28. The van der Waals surface area contributed by atoms with Crippen molar-refractivity contribution in [3.05, 3.63) is 35.4 Å². The second-order valence-electron chi connectivity index (χ2n) is 5.34. The summed E-state index contributed by atoms with van der Waals surface area (Å²) in [5, 5.41) is 14.4. The summed E-state index contributed by atoms with van der Waals surface area (Å²) < 4.78 is 0. The first-order valence-electron chi connectivity index (χ1n) is 6.56. The Bertz CT molecular complexity index is 610. The minimum absolute atomic E-state index is 0.0692. The summed E-state index contributed by atoms with van der Waals surface area (Å²) in [5.74, 6) is -0.516. The molecule has 7 heteroatoms. The fourth-order valence-corrected chi connectivity index (χ4v) is 2.28. The van der Waals surface area contributed by atoms with E-state index < -0.39 is 5.54 Å². The molecule has 0 aliphatic carbocycles. The van der Waals surface area contributed by atoms with Crippen LogP contribution in [0.1, 0.15) is 29.8 Å². The molecular weight excluding hydrogens is 272 g/mol. The van der Waals surface area contributed by atoms with E-state index in [2.05, 4.69) is 10.5 Å². The van der Waals surface area contributed by atoms with Gasteiger partial charge in [-0.3, -0.25) is 9.59 Å². The highest BCUT2D eigenvalue weighted by molar-refractivity contribution is 6.03. The molecule has 0 spiro atoms. The van der Waals surface area contributed by atoms with Crippen LogP contribution in [0.5, 0.6) is 0 Å². The highest BCUT2D eigenvalue weighted by atomic mass is 16.4. The average Bonchev–Trinajstić information content (AvgIpc) is 2.48. The number of carbonyl (C=O) groups is 2. The summed E-state index contributed by atoms with van der Waals surface area (Å²) in [6.45, 7) is 4.26. The Morgan fingerprint density at radius 3 is 2.76 bits per heavy atom. The van der Waals surface area contributed by atoms with Gasteiger partial charge in [-0.15, -0.1) is 0 Å². The largest absolute Gasteiger partial charge is 0.409 e. The van der Waals surface area contributed by atoms with Gasteiger partial charge in [-0.2, -0.15) is 0 Å². The van der Waals surface area contributed by atoms with Crippen LogP contribution < -0.4 is 11.1 Å². The van der Waals surface area contributed by atoms with Crippen molar-refractivity contribution in [3.63, 3.8) is 0 Å². The van der Waals surface area contributed by atoms with Crippen molar-refractivity contribution >= 4 is 17.6 Å². The first-order valence-corrected chi connectivity index (χ1v) is 6.56. The van der Waals surface area contributed by atoms with Gasteiger partial charge in [0.25, 0.3) is 5.91 Å². The highest BCUT2D eigenvalue weighted by Crippen LogP contribution is 2.21. The second kappa shape index (κ2) is 5.43. The third-order valence-corrected chi connectivity index (χ3v) is 3.61. The van der Waals surface area contributed by atoms with Gasteiger partial charge >= 0.3 is 0 Å². The Morgan fingerprint density at radius 1 is 1.43 bits per heavy atom. The molecule has 4 N–H and O–H groups in total. The van der Waals surface area contributed by atoms with E-state index in [9.17, 15) is 9.59 Å². The highest BCUT2D eigenvalue weighted by Gasteiger charge is 2.40. The smallest absolute Gasteiger partial charge is 0.254 e. The molecule has 0 radical (unpaired) electrons. The lowest BCUT2D eigenvalue weighted by molar-refractivity contribution is -0.133. The van der Waals surface area contributed by atoms with Gasteiger partial charge in [-0.1, -0.05) is 17.3 Å². The van der Waals surface area contributed by atoms with E-state index in [1.165, 1.54) is 4.90 Å². The molecule has 1 aliphatic heterocycles. The minimum atomic E-state index is -0.915. The summed E-state index contributed by atoms with van der Waals surface area (Å²) in [6, 6.07) is 6.47. The Labute approximate surface area is 122 Å². The maximum Gasteiger partial charge on any atom is 0.254 e. The molecule has 1 aromatic carbocycles. The third kappa shape index (κ3) is 2.67. The molecule has 0 saturated carbocycles. The van der Waals surface area contributed by atoms with Gasteiger partial charge in [-0.25, -0.2) is 0 Å². The number of benzene rings is 1. The fraction of sp³-hybridized carbons (Fsp3) is 0.357. The number of amides is 2. The Hall–Kier alpha value is -2.57. The van der Waals surface area contributed by atoms with Crippen LogP contribution in [0.25, 0.3) is 0 Å². The van der Waals surface area contributed by atoms with E-state index in [1.807, 2.05) is 0 Å². The molecule has 21 heavy (non-hydrogen) atoms. The van der Waals surface area contributed by atoms with Gasteiger partial charge in [-0.05, 0) is 26.0 Å². The van der Waals surface area contributed by atoms with E-state index in [0.717, 1.165) is 0 Å². The van der Waals surface area contributed by atoms with Crippen molar-refractivity contribution in [3.8, 4) is 0 Å². The molecule has 112 valence electrons. The molecule has 7 nitrogen and oxygen atoms in total. The van der Waals surface area contributed by atoms with Crippen LogP contribution in [0, 0.1) is 0 Å². The SMILES string of the molecule is CC1(C)C(=O)NCCN1C(=O)c1cccc(C(N)=NO)c1. The predicted octanol–water partition coefficient (Wildman–Crippen LogP) is 0.132. The first-order chi connectivity index (χ1) is 9.87. The summed E-state index contributed by atoms with van der Waals surface area (Å²) in [7, 11) is 0. The van der Waals surface area contributed by atoms with E-state index in [4.69, 9.17) is 10.9 Å². The van der Waals surface area contributed by atoms with Crippen LogP contribution in [0.3, 0.4) is 0 Å². The predicted molar refractivity (Wildman–Crippen MR) is 77.1 cm³/mol. The van der Waals surface area contributed by atoms with Crippen molar-refractivity contribution < 1.29 is 14.8 Å². The molecule has 2 amide bonds.